The number of methoxy groups -OCH3 is 6. The average Bonchev–Trinajstić information content (AvgIpc) is 3.59. The van der Waals surface area contributed by atoms with Crippen molar-refractivity contribution in [1.82, 2.24) is 0 Å². The van der Waals surface area contributed by atoms with Crippen molar-refractivity contribution in [3.63, 3.8) is 0 Å². The van der Waals surface area contributed by atoms with Crippen molar-refractivity contribution < 1.29 is 28.4 Å². The summed E-state index contributed by atoms with van der Waals surface area (Å²) in [6.07, 6.45) is 0. The van der Waals surface area contributed by atoms with Crippen LogP contribution in [0.5, 0.6) is 34.5 Å². The molecule has 0 amide bonds. The summed E-state index contributed by atoms with van der Waals surface area (Å²) < 4.78 is 35.9. The van der Waals surface area contributed by atoms with Crippen LogP contribution in [0.25, 0.3) is 0 Å². The summed E-state index contributed by atoms with van der Waals surface area (Å²) >= 11 is 3.56. The average molecular weight is 640 g/mol. The summed E-state index contributed by atoms with van der Waals surface area (Å²) in [6, 6.07) is 20.9. The zero-order valence-corrected chi connectivity index (χ0v) is 26.4. The first-order valence-electron chi connectivity index (χ1n) is 14.0. The fraction of sp³-hybridized carbons (Fsp3) is 0.278. The Morgan fingerprint density at radius 3 is 1.02 bits per heavy atom. The zero-order chi connectivity index (χ0) is 30.0. The molecule has 0 aromatic heterocycles. The fourth-order valence-corrected chi connectivity index (χ4v) is 7.97. The molecular formula is C36H31BrO6. The van der Waals surface area contributed by atoms with Crippen molar-refractivity contribution in [2.45, 2.75) is 17.8 Å². The second kappa shape index (κ2) is 10.2. The van der Waals surface area contributed by atoms with Gasteiger partial charge in [0.2, 0.25) is 0 Å². The summed E-state index contributed by atoms with van der Waals surface area (Å²) in [7, 11) is 10.1. The second-order valence-electron chi connectivity index (χ2n) is 11.0. The minimum absolute atomic E-state index is 0.0700. The quantitative estimate of drug-likeness (QED) is 0.207. The molecule has 0 bridgehead atoms. The molecule has 6 nitrogen and oxygen atoms in total. The van der Waals surface area contributed by atoms with Crippen molar-refractivity contribution in [3.8, 4) is 46.3 Å². The van der Waals surface area contributed by atoms with Gasteiger partial charge in [-0.3, -0.25) is 0 Å². The smallest absolute Gasteiger partial charge is 0.161 e. The number of hydrogen-bond acceptors (Lipinski definition) is 6. The topological polar surface area (TPSA) is 55.4 Å². The van der Waals surface area contributed by atoms with Crippen LogP contribution >= 0.6 is 15.9 Å². The van der Waals surface area contributed by atoms with E-state index >= 15 is 0 Å². The maximum Gasteiger partial charge on any atom is 0.161 e. The van der Waals surface area contributed by atoms with E-state index in [2.05, 4.69) is 64.2 Å². The van der Waals surface area contributed by atoms with Gasteiger partial charge in [0.1, 0.15) is 0 Å². The predicted molar refractivity (Wildman–Crippen MR) is 168 cm³/mol. The Morgan fingerprint density at radius 2 is 0.767 bits per heavy atom. The van der Waals surface area contributed by atoms with Crippen molar-refractivity contribution in [3.05, 3.63) is 104 Å². The molecule has 7 heteroatoms. The van der Waals surface area contributed by atoms with E-state index in [0.717, 1.165) is 10.0 Å². The lowest BCUT2D eigenvalue weighted by Gasteiger charge is -2.30. The first-order chi connectivity index (χ1) is 20.9. The number of rotatable bonds is 6. The summed E-state index contributed by atoms with van der Waals surface area (Å²) in [4.78, 5) is 0. The van der Waals surface area contributed by atoms with Crippen LogP contribution in [-0.2, 0) is 0 Å². The van der Waals surface area contributed by atoms with E-state index < -0.39 is 5.41 Å². The van der Waals surface area contributed by atoms with Gasteiger partial charge in [-0.05, 0) is 94.0 Å². The molecule has 218 valence electrons. The van der Waals surface area contributed by atoms with E-state index in [9.17, 15) is 0 Å². The molecule has 0 fully saturated rings. The van der Waals surface area contributed by atoms with Gasteiger partial charge in [-0.2, -0.15) is 0 Å². The summed E-state index contributed by atoms with van der Waals surface area (Å²) in [5.74, 6) is 11.4. The van der Waals surface area contributed by atoms with Gasteiger partial charge in [0.15, 0.2) is 34.5 Å². The van der Waals surface area contributed by atoms with Crippen LogP contribution in [0.4, 0.5) is 0 Å². The van der Waals surface area contributed by atoms with Gasteiger partial charge in [0, 0.05) is 27.8 Å². The maximum atomic E-state index is 5.82. The fourth-order valence-electron chi connectivity index (χ4n) is 7.71. The summed E-state index contributed by atoms with van der Waals surface area (Å²) in [5.41, 5.74) is 7.42. The lowest BCUT2D eigenvalue weighted by molar-refractivity contribution is 0.354. The molecule has 0 atom stereocenters. The zero-order valence-electron chi connectivity index (χ0n) is 24.8. The molecule has 0 aliphatic heterocycles. The first kappa shape index (κ1) is 27.5. The lowest BCUT2D eigenvalue weighted by atomic mass is 9.69. The van der Waals surface area contributed by atoms with E-state index in [1.54, 1.807) is 42.7 Å². The third-order valence-corrected chi connectivity index (χ3v) is 9.86. The molecule has 0 saturated heterocycles. The van der Waals surface area contributed by atoms with Crippen molar-refractivity contribution >= 4 is 15.9 Å². The van der Waals surface area contributed by atoms with Crippen LogP contribution in [-0.4, -0.2) is 42.7 Å². The van der Waals surface area contributed by atoms with Crippen LogP contribution < -0.4 is 28.4 Å². The van der Waals surface area contributed by atoms with E-state index in [4.69, 9.17) is 28.4 Å². The van der Waals surface area contributed by atoms with Gasteiger partial charge in [0.25, 0.3) is 0 Å². The Bertz CT molecular complexity index is 1580. The highest BCUT2D eigenvalue weighted by Crippen LogP contribution is 2.77. The minimum Gasteiger partial charge on any atom is -0.493 e. The summed E-state index contributed by atoms with van der Waals surface area (Å²) in [5, 5.41) is 0. The van der Waals surface area contributed by atoms with Gasteiger partial charge < -0.3 is 28.4 Å². The molecular weight excluding hydrogens is 608 g/mol. The molecule has 4 aromatic carbocycles. The normalized spacial score (nSPS) is 21.5. The van der Waals surface area contributed by atoms with Crippen molar-refractivity contribution in [2.75, 3.05) is 42.7 Å². The molecule has 0 N–H and O–H groups in total. The number of halogens is 1. The van der Waals surface area contributed by atoms with E-state index in [1.165, 1.54) is 33.4 Å². The molecule has 4 aromatic rings. The van der Waals surface area contributed by atoms with Crippen LogP contribution in [0, 0.1) is 17.3 Å². The van der Waals surface area contributed by atoms with Gasteiger partial charge >= 0.3 is 0 Å². The Morgan fingerprint density at radius 1 is 0.488 bits per heavy atom. The molecule has 3 aliphatic rings. The van der Waals surface area contributed by atoms with Crippen molar-refractivity contribution in [2.24, 2.45) is 5.41 Å². The maximum absolute atomic E-state index is 5.82. The van der Waals surface area contributed by atoms with Gasteiger partial charge in [-0.15, -0.1) is 0 Å². The van der Waals surface area contributed by atoms with E-state index in [0.29, 0.717) is 34.5 Å². The highest BCUT2D eigenvalue weighted by atomic mass is 79.9. The second-order valence-corrected chi connectivity index (χ2v) is 11.9. The lowest BCUT2D eigenvalue weighted by Crippen LogP contribution is -2.26. The van der Waals surface area contributed by atoms with E-state index in [1.807, 2.05) is 24.3 Å². The van der Waals surface area contributed by atoms with Gasteiger partial charge in [-0.1, -0.05) is 27.8 Å². The molecule has 3 aliphatic carbocycles. The van der Waals surface area contributed by atoms with Gasteiger partial charge in [0.05, 0.1) is 48.1 Å². The SMILES string of the molecule is COc1cc2c(cc1OC)C1c3cc(OC)c(OC)cc3C3c4cc(OC)c(OC)cc4C2C13C#Cc1ccc(Br)cc1. The highest BCUT2D eigenvalue weighted by Gasteiger charge is 2.67. The Balaban J connectivity index is 1.62. The van der Waals surface area contributed by atoms with Crippen LogP contribution in [0.15, 0.2) is 65.1 Å². The molecule has 43 heavy (non-hydrogen) atoms. The Hall–Kier alpha value is -4.28. The standard InChI is InChI=1S/C36H31BrO6/c1-38-27-13-21-22(14-28(27)39-2)34-25-17-31(42-5)32(43-6)18-26(25)35-24-16-30(41-4)29(40-3)15-23(24)33(21)36(34,35)12-11-19-7-9-20(37)10-8-19/h7-10,13-18,33-35H,1-6H3. The van der Waals surface area contributed by atoms with E-state index in [-0.39, 0.29) is 17.8 Å². The molecule has 0 heterocycles. The van der Waals surface area contributed by atoms with Crippen molar-refractivity contribution in [1.29, 1.82) is 0 Å². The largest absolute Gasteiger partial charge is 0.493 e. The predicted octanol–water partition coefficient (Wildman–Crippen LogP) is 7.28. The number of fused-ring (bicyclic) bond motifs is 9. The summed E-state index contributed by atoms with van der Waals surface area (Å²) in [6.45, 7) is 0. The van der Waals surface area contributed by atoms with Crippen LogP contribution in [0.3, 0.4) is 0 Å². The third kappa shape index (κ3) is 3.72. The molecule has 7 rings (SSSR count). The number of hydrogen-bond donors (Lipinski definition) is 0. The highest BCUT2D eigenvalue weighted by molar-refractivity contribution is 9.10. The number of benzene rings is 4. The molecule has 0 radical (unpaired) electrons. The van der Waals surface area contributed by atoms with Gasteiger partial charge in [-0.25, -0.2) is 0 Å². The molecule has 0 saturated carbocycles. The minimum atomic E-state index is -0.549. The monoisotopic (exact) mass is 638 g/mol. The van der Waals surface area contributed by atoms with Crippen LogP contribution in [0.2, 0.25) is 0 Å². The Kier molecular flexibility index (Phi) is 6.51. The molecule has 0 spiro atoms. The Labute approximate surface area is 260 Å². The first-order valence-corrected chi connectivity index (χ1v) is 14.8. The molecule has 0 unspecified atom stereocenters. The number of ether oxygens (including phenoxy) is 6. The third-order valence-electron chi connectivity index (χ3n) is 9.33. The van der Waals surface area contributed by atoms with Crippen LogP contribution in [0.1, 0.15) is 56.7 Å².